The van der Waals surface area contributed by atoms with Crippen LogP contribution < -0.4 is 5.56 Å². The van der Waals surface area contributed by atoms with E-state index in [0.29, 0.717) is 27.4 Å². The maximum Gasteiger partial charge on any atom is 0.303 e. The molecule has 0 bridgehead atoms. The van der Waals surface area contributed by atoms with Gasteiger partial charge in [-0.2, -0.15) is 5.10 Å². The molecule has 2 N–H and O–H groups in total. The van der Waals surface area contributed by atoms with Crippen LogP contribution in [0.15, 0.2) is 87.2 Å². The van der Waals surface area contributed by atoms with Crippen LogP contribution in [0.2, 0.25) is 5.02 Å². The number of amides is 1. The summed E-state index contributed by atoms with van der Waals surface area (Å²) in [7, 11) is 0. The molecule has 37 heavy (non-hydrogen) atoms. The second kappa shape index (κ2) is 10.3. The van der Waals surface area contributed by atoms with Gasteiger partial charge in [0.1, 0.15) is 0 Å². The number of aromatic amines is 1. The van der Waals surface area contributed by atoms with Gasteiger partial charge in [-0.25, -0.2) is 5.01 Å². The van der Waals surface area contributed by atoms with Crippen molar-refractivity contribution in [3.8, 4) is 11.1 Å². The molecule has 1 aliphatic heterocycles. The number of hydrogen-bond acceptors (Lipinski definition) is 4. The van der Waals surface area contributed by atoms with E-state index in [1.807, 2.05) is 54.6 Å². The number of carbonyl (C=O) groups excluding carboxylic acids is 1. The molecular weight excluding hydrogens is 558 g/mol. The van der Waals surface area contributed by atoms with E-state index in [9.17, 15) is 14.4 Å². The molecule has 4 aromatic rings. The maximum atomic E-state index is 13.5. The number of halogens is 2. The van der Waals surface area contributed by atoms with Crippen LogP contribution in [-0.2, 0) is 9.59 Å². The van der Waals surface area contributed by atoms with Gasteiger partial charge >= 0.3 is 5.97 Å². The van der Waals surface area contributed by atoms with Gasteiger partial charge in [0.25, 0.3) is 5.56 Å². The summed E-state index contributed by atoms with van der Waals surface area (Å²) in [6.45, 7) is 0. The Kier molecular flexibility index (Phi) is 6.95. The Balaban J connectivity index is 1.69. The zero-order chi connectivity index (χ0) is 26.1. The van der Waals surface area contributed by atoms with Gasteiger partial charge in [0.05, 0.1) is 23.7 Å². The molecule has 9 heteroatoms. The number of hydrogen-bond donors (Lipinski definition) is 2. The SMILES string of the molecule is O=C(O)CCC(=O)N1N=C(c2c(-c3ccccc3)c3cc(Cl)ccc3[nH]c2=O)C[C@H]1c1ccc(Br)cc1. The lowest BCUT2D eigenvalue weighted by Gasteiger charge is -2.22. The summed E-state index contributed by atoms with van der Waals surface area (Å²) in [5.41, 5.74) is 3.42. The van der Waals surface area contributed by atoms with Gasteiger partial charge in [0, 0.05) is 38.8 Å². The zero-order valence-electron chi connectivity index (χ0n) is 19.4. The van der Waals surface area contributed by atoms with E-state index in [1.54, 1.807) is 18.2 Å². The summed E-state index contributed by atoms with van der Waals surface area (Å²) in [6, 6.07) is 21.8. The number of aromatic nitrogens is 1. The molecule has 186 valence electrons. The van der Waals surface area contributed by atoms with Crippen LogP contribution in [0.1, 0.15) is 36.4 Å². The lowest BCUT2D eigenvalue weighted by molar-refractivity contribution is -0.141. The van der Waals surface area contributed by atoms with Crippen LogP contribution in [0.4, 0.5) is 0 Å². The molecule has 7 nitrogen and oxygen atoms in total. The molecular formula is C28H21BrClN3O4. The van der Waals surface area contributed by atoms with E-state index in [-0.39, 0.29) is 24.8 Å². The highest BCUT2D eigenvalue weighted by molar-refractivity contribution is 9.10. The van der Waals surface area contributed by atoms with Gasteiger partial charge in [-0.3, -0.25) is 14.4 Å². The molecule has 0 saturated carbocycles. The monoisotopic (exact) mass is 577 g/mol. The molecule has 0 radical (unpaired) electrons. The molecule has 1 amide bonds. The molecule has 1 aliphatic rings. The van der Waals surface area contributed by atoms with Crippen molar-refractivity contribution in [2.24, 2.45) is 5.10 Å². The average molecular weight is 579 g/mol. The van der Waals surface area contributed by atoms with E-state index in [1.165, 1.54) is 5.01 Å². The Labute approximate surface area is 225 Å². The van der Waals surface area contributed by atoms with Gasteiger partial charge in [-0.15, -0.1) is 0 Å². The third-order valence-electron chi connectivity index (χ3n) is 6.30. The second-order valence-corrected chi connectivity index (χ2v) is 10.1. The van der Waals surface area contributed by atoms with Gasteiger partial charge in [-0.1, -0.05) is 70.0 Å². The van der Waals surface area contributed by atoms with Crippen molar-refractivity contribution >= 4 is 56.0 Å². The Morgan fingerprint density at radius 1 is 1.03 bits per heavy atom. The second-order valence-electron chi connectivity index (χ2n) is 8.71. The first kappa shape index (κ1) is 24.9. The van der Waals surface area contributed by atoms with E-state index < -0.39 is 17.9 Å². The fraction of sp³-hybridized carbons (Fsp3) is 0.143. The number of rotatable bonds is 6. The predicted molar refractivity (Wildman–Crippen MR) is 147 cm³/mol. The highest BCUT2D eigenvalue weighted by Crippen LogP contribution is 2.38. The molecule has 3 aromatic carbocycles. The predicted octanol–water partition coefficient (Wildman–Crippen LogP) is 6.15. The van der Waals surface area contributed by atoms with E-state index in [0.717, 1.165) is 21.0 Å². The first-order valence-corrected chi connectivity index (χ1v) is 12.8. The van der Waals surface area contributed by atoms with E-state index in [2.05, 4.69) is 26.0 Å². The number of nitrogens with zero attached hydrogens (tertiary/aromatic N) is 2. The van der Waals surface area contributed by atoms with E-state index in [4.69, 9.17) is 16.7 Å². The Morgan fingerprint density at radius 2 is 1.76 bits per heavy atom. The van der Waals surface area contributed by atoms with Crippen LogP contribution in [0.3, 0.4) is 0 Å². The summed E-state index contributed by atoms with van der Waals surface area (Å²) in [5.74, 6) is -1.49. The quantitative estimate of drug-likeness (QED) is 0.286. The number of hydrazone groups is 1. The fourth-order valence-electron chi connectivity index (χ4n) is 4.61. The molecule has 0 unspecified atom stereocenters. The largest absolute Gasteiger partial charge is 0.481 e. The minimum Gasteiger partial charge on any atom is -0.481 e. The van der Waals surface area contributed by atoms with Gasteiger partial charge in [-0.05, 0) is 41.5 Å². The zero-order valence-corrected chi connectivity index (χ0v) is 21.8. The van der Waals surface area contributed by atoms with Crippen molar-refractivity contribution in [1.29, 1.82) is 0 Å². The molecule has 2 heterocycles. The number of aliphatic carboxylic acids is 1. The van der Waals surface area contributed by atoms with Crippen LogP contribution in [0.25, 0.3) is 22.0 Å². The van der Waals surface area contributed by atoms with Crippen molar-refractivity contribution in [2.75, 3.05) is 0 Å². The number of nitrogens with one attached hydrogen (secondary N) is 1. The van der Waals surface area contributed by atoms with Gasteiger partial charge < -0.3 is 10.1 Å². The number of fused-ring (bicyclic) bond motifs is 1. The van der Waals surface area contributed by atoms with Crippen LogP contribution in [0.5, 0.6) is 0 Å². The molecule has 5 rings (SSSR count). The highest BCUT2D eigenvalue weighted by Gasteiger charge is 2.35. The molecule has 0 aliphatic carbocycles. The van der Waals surface area contributed by atoms with Crippen molar-refractivity contribution in [3.63, 3.8) is 0 Å². The van der Waals surface area contributed by atoms with Crippen LogP contribution in [-0.4, -0.2) is 32.7 Å². The first-order valence-electron chi connectivity index (χ1n) is 11.6. The third kappa shape index (κ3) is 5.08. The van der Waals surface area contributed by atoms with Crippen molar-refractivity contribution in [2.45, 2.75) is 25.3 Å². The van der Waals surface area contributed by atoms with E-state index >= 15 is 0 Å². The third-order valence-corrected chi connectivity index (χ3v) is 7.06. The number of pyridine rings is 1. The Bertz CT molecular complexity index is 1600. The first-order chi connectivity index (χ1) is 17.8. The number of carboxylic acids is 1. The number of H-pyrrole nitrogens is 1. The Morgan fingerprint density at radius 3 is 2.46 bits per heavy atom. The van der Waals surface area contributed by atoms with Gasteiger partial charge in [0.15, 0.2) is 0 Å². The minimum absolute atomic E-state index is 0.200. The van der Waals surface area contributed by atoms with Crippen LogP contribution >= 0.6 is 27.5 Å². The number of benzene rings is 3. The normalized spacial score (nSPS) is 15.1. The molecule has 1 aromatic heterocycles. The summed E-state index contributed by atoms with van der Waals surface area (Å²) in [4.78, 5) is 40.7. The molecule has 1 atom stereocenters. The number of carbonyl (C=O) groups is 2. The average Bonchev–Trinajstić information content (AvgIpc) is 3.32. The molecule has 0 spiro atoms. The summed E-state index contributed by atoms with van der Waals surface area (Å²) < 4.78 is 0.883. The lowest BCUT2D eigenvalue weighted by Crippen LogP contribution is -2.27. The minimum atomic E-state index is -1.06. The smallest absolute Gasteiger partial charge is 0.303 e. The molecule has 0 fully saturated rings. The summed E-state index contributed by atoms with van der Waals surface area (Å²) >= 11 is 9.77. The van der Waals surface area contributed by atoms with Crippen LogP contribution in [0, 0.1) is 0 Å². The van der Waals surface area contributed by atoms with Gasteiger partial charge in [0.2, 0.25) is 5.91 Å². The van der Waals surface area contributed by atoms with Crippen molar-refractivity contribution in [1.82, 2.24) is 9.99 Å². The lowest BCUT2D eigenvalue weighted by atomic mass is 9.91. The number of carboxylic acid groups (broad SMARTS) is 1. The highest BCUT2D eigenvalue weighted by atomic mass is 79.9. The Hall–Kier alpha value is -3.75. The summed E-state index contributed by atoms with van der Waals surface area (Å²) in [6.07, 6.45) is -0.221. The summed E-state index contributed by atoms with van der Waals surface area (Å²) in [5, 5.41) is 16.3. The van der Waals surface area contributed by atoms with Crippen molar-refractivity contribution < 1.29 is 14.7 Å². The topological polar surface area (TPSA) is 103 Å². The maximum absolute atomic E-state index is 13.5. The standard InChI is InChI=1S/C28H21BrClN3O4/c29-18-8-6-16(7-9-18)23-15-22(32-33(23)24(34)12-13-25(35)36)27-26(17-4-2-1-3-5-17)20-14-19(30)10-11-21(20)31-28(27)37/h1-11,14,23H,12-13,15H2,(H,31,37)(H,35,36)/t23-/m0/s1. The van der Waals surface area contributed by atoms with Crippen molar-refractivity contribution in [3.05, 3.63) is 104 Å². The molecule has 0 saturated heterocycles. The fourth-order valence-corrected chi connectivity index (χ4v) is 5.05.